The van der Waals surface area contributed by atoms with Crippen molar-refractivity contribution >= 4 is 33.7 Å². The van der Waals surface area contributed by atoms with Crippen LogP contribution in [0.25, 0.3) is 9.88 Å². The van der Waals surface area contributed by atoms with Gasteiger partial charge in [-0.25, -0.2) is 0 Å². The van der Waals surface area contributed by atoms with Gasteiger partial charge in [0.2, 0.25) is 5.13 Å². The number of hydrogen-bond acceptors (Lipinski definition) is 7. The van der Waals surface area contributed by atoms with Gasteiger partial charge in [0.1, 0.15) is 6.61 Å². The summed E-state index contributed by atoms with van der Waals surface area (Å²) in [6.07, 6.45) is 1.64. The first-order chi connectivity index (χ1) is 12.3. The highest BCUT2D eigenvalue weighted by Crippen LogP contribution is 2.30. The molecule has 0 unspecified atom stereocenters. The van der Waals surface area contributed by atoms with Crippen LogP contribution < -0.4 is 14.8 Å². The molecule has 1 aromatic carbocycles. The summed E-state index contributed by atoms with van der Waals surface area (Å²) in [7, 11) is 0. The predicted molar refractivity (Wildman–Crippen MR) is 99.5 cm³/mol. The molecule has 0 radical (unpaired) electrons. The molecule has 0 bridgehead atoms. The van der Waals surface area contributed by atoms with Crippen molar-refractivity contribution < 1.29 is 14.3 Å². The molecule has 3 aromatic rings. The number of amides is 1. The van der Waals surface area contributed by atoms with Gasteiger partial charge >= 0.3 is 0 Å². The molecule has 6 nitrogen and oxygen atoms in total. The van der Waals surface area contributed by atoms with E-state index in [0.29, 0.717) is 23.2 Å². The van der Waals surface area contributed by atoms with Gasteiger partial charge in [0.25, 0.3) is 5.91 Å². The largest absolute Gasteiger partial charge is 0.486 e. The molecule has 0 aliphatic rings. The highest BCUT2D eigenvalue weighted by Gasteiger charge is 2.12. The van der Waals surface area contributed by atoms with Crippen molar-refractivity contribution in [2.24, 2.45) is 0 Å². The van der Waals surface area contributed by atoms with Crippen LogP contribution in [0.4, 0.5) is 5.13 Å². The summed E-state index contributed by atoms with van der Waals surface area (Å²) in [6.45, 7) is 3.82. The Kier molecular flexibility index (Phi) is 5.76. The van der Waals surface area contributed by atoms with E-state index in [1.54, 1.807) is 29.5 Å². The van der Waals surface area contributed by atoms with E-state index in [1.807, 2.05) is 29.6 Å². The standard InChI is InChI=1S/C17H15N3O3S2/c1-2-9-22-12-6-3-4-7-13(12)23-11-15(21)18-17-20-19-16(25-17)14-8-5-10-24-14/h2-8,10H,1,9,11H2,(H,18,20,21). The molecule has 3 rings (SSSR count). The van der Waals surface area contributed by atoms with E-state index in [-0.39, 0.29) is 12.5 Å². The first-order valence-corrected chi connectivity index (χ1v) is 9.08. The molecule has 128 valence electrons. The molecular formula is C17H15N3O3S2. The number of thiophene rings is 1. The zero-order valence-corrected chi connectivity index (χ0v) is 14.8. The van der Waals surface area contributed by atoms with Crippen LogP contribution in [0.3, 0.4) is 0 Å². The van der Waals surface area contributed by atoms with Crippen LogP contribution in [0.1, 0.15) is 0 Å². The Morgan fingerprint density at radius 2 is 1.96 bits per heavy atom. The fraction of sp³-hybridized carbons (Fsp3) is 0.118. The van der Waals surface area contributed by atoms with Gasteiger partial charge < -0.3 is 9.47 Å². The fourth-order valence-electron chi connectivity index (χ4n) is 1.91. The van der Waals surface area contributed by atoms with Crippen LogP contribution >= 0.6 is 22.7 Å². The predicted octanol–water partition coefficient (Wildman–Crippen LogP) is 3.85. The molecule has 25 heavy (non-hydrogen) atoms. The molecule has 1 N–H and O–H groups in total. The van der Waals surface area contributed by atoms with Crippen LogP contribution in [0.15, 0.2) is 54.4 Å². The number of carbonyl (C=O) groups excluding carboxylic acids is 1. The molecule has 0 fully saturated rings. The summed E-state index contributed by atoms with van der Waals surface area (Å²) < 4.78 is 11.0. The topological polar surface area (TPSA) is 73.3 Å². The number of benzene rings is 1. The molecule has 8 heteroatoms. The van der Waals surface area contributed by atoms with Crippen molar-refractivity contribution in [2.75, 3.05) is 18.5 Å². The van der Waals surface area contributed by atoms with Crippen molar-refractivity contribution in [3.63, 3.8) is 0 Å². The highest BCUT2D eigenvalue weighted by atomic mass is 32.1. The minimum atomic E-state index is -0.313. The molecule has 2 aromatic heterocycles. The second-order valence-electron chi connectivity index (χ2n) is 4.77. The fourth-order valence-corrected chi connectivity index (χ4v) is 3.46. The zero-order valence-electron chi connectivity index (χ0n) is 13.2. The lowest BCUT2D eigenvalue weighted by Gasteiger charge is -2.11. The van der Waals surface area contributed by atoms with Crippen LogP contribution in [0.2, 0.25) is 0 Å². The number of rotatable bonds is 8. The molecule has 0 saturated carbocycles. The Morgan fingerprint density at radius 1 is 1.16 bits per heavy atom. The van der Waals surface area contributed by atoms with Crippen molar-refractivity contribution in [3.05, 3.63) is 54.4 Å². The summed E-state index contributed by atoms with van der Waals surface area (Å²) in [4.78, 5) is 13.1. The average Bonchev–Trinajstić information content (AvgIpc) is 3.30. The van der Waals surface area contributed by atoms with E-state index < -0.39 is 0 Å². The van der Waals surface area contributed by atoms with Gasteiger partial charge in [-0.05, 0) is 23.6 Å². The van der Waals surface area contributed by atoms with Gasteiger partial charge in [-0.3, -0.25) is 10.1 Å². The number of nitrogens with one attached hydrogen (secondary N) is 1. The van der Waals surface area contributed by atoms with Crippen LogP contribution in [0, 0.1) is 0 Å². The van der Waals surface area contributed by atoms with Gasteiger partial charge in [-0.15, -0.1) is 21.5 Å². The summed E-state index contributed by atoms with van der Waals surface area (Å²) in [5.41, 5.74) is 0. The Bertz CT molecular complexity index is 846. The number of hydrogen-bond donors (Lipinski definition) is 1. The normalized spacial score (nSPS) is 10.2. The quantitative estimate of drug-likeness (QED) is 0.607. The number of para-hydroxylation sites is 2. The molecule has 0 atom stereocenters. The molecular weight excluding hydrogens is 358 g/mol. The first kappa shape index (κ1) is 17.1. The number of carbonyl (C=O) groups is 1. The number of anilines is 1. The monoisotopic (exact) mass is 373 g/mol. The molecule has 0 aliphatic carbocycles. The Balaban J connectivity index is 1.56. The smallest absolute Gasteiger partial charge is 0.264 e. The number of ether oxygens (including phenoxy) is 2. The van der Waals surface area contributed by atoms with Crippen LogP contribution in [0.5, 0.6) is 11.5 Å². The average molecular weight is 373 g/mol. The molecule has 0 saturated heterocycles. The van der Waals surface area contributed by atoms with E-state index in [2.05, 4.69) is 22.1 Å². The lowest BCUT2D eigenvalue weighted by Crippen LogP contribution is -2.20. The van der Waals surface area contributed by atoms with Crippen LogP contribution in [-0.2, 0) is 4.79 Å². The van der Waals surface area contributed by atoms with Crippen LogP contribution in [-0.4, -0.2) is 29.3 Å². The number of aromatic nitrogens is 2. The van der Waals surface area contributed by atoms with Gasteiger partial charge in [0.05, 0.1) is 4.88 Å². The lowest BCUT2D eigenvalue weighted by atomic mass is 10.3. The Hall–Kier alpha value is -2.71. The number of nitrogens with zero attached hydrogens (tertiary/aromatic N) is 2. The summed E-state index contributed by atoms with van der Waals surface area (Å²) >= 11 is 2.89. The second kappa shape index (κ2) is 8.41. The molecule has 2 heterocycles. The van der Waals surface area contributed by atoms with Crippen molar-refractivity contribution in [1.82, 2.24) is 10.2 Å². The third kappa shape index (κ3) is 4.65. The van der Waals surface area contributed by atoms with Gasteiger partial charge in [-0.1, -0.05) is 42.2 Å². The third-order valence-corrected chi connectivity index (χ3v) is 4.85. The Labute approximate surface area is 152 Å². The third-order valence-electron chi connectivity index (χ3n) is 2.97. The first-order valence-electron chi connectivity index (χ1n) is 7.39. The molecule has 0 aliphatic heterocycles. The molecule has 0 spiro atoms. The maximum atomic E-state index is 12.1. The van der Waals surface area contributed by atoms with E-state index in [9.17, 15) is 4.79 Å². The minimum absolute atomic E-state index is 0.150. The summed E-state index contributed by atoms with van der Waals surface area (Å²) in [6, 6.07) is 11.1. The van der Waals surface area contributed by atoms with Crippen molar-refractivity contribution in [2.45, 2.75) is 0 Å². The summed E-state index contributed by atoms with van der Waals surface area (Å²) in [5, 5.41) is 13.9. The second-order valence-corrected chi connectivity index (χ2v) is 6.70. The van der Waals surface area contributed by atoms with Gasteiger partial charge in [-0.2, -0.15) is 0 Å². The SMILES string of the molecule is C=CCOc1ccccc1OCC(=O)Nc1nnc(-c2cccs2)s1. The molecule has 1 amide bonds. The van der Waals surface area contributed by atoms with Gasteiger partial charge in [0.15, 0.2) is 23.1 Å². The maximum Gasteiger partial charge on any atom is 0.264 e. The maximum absolute atomic E-state index is 12.1. The van der Waals surface area contributed by atoms with E-state index in [4.69, 9.17) is 9.47 Å². The Morgan fingerprint density at radius 3 is 2.68 bits per heavy atom. The minimum Gasteiger partial charge on any atom is -0.486 e. The van der Waals surface area contributed by atoms with E-state index in [1.165, 1.54) is 11.3 Å². The highest BCUT2D eigenvalue weighted by molar-refractivity contribution is 7.23. The van der Waals surface area contributed by atoms with E-state index in [0.717, 1.165) is 9.88 Å². The van der Waals surface area contributed by atoms with Gasteiger partial charge in [0, 0.05) is 0 Å². The summed E-state index contributed by atoms with van der Waals surface area (Å²) in [5.74, 6) is 0.745. The van der Waals surface area contributed by atoms with E-state index >= 15 is 0 Å². The van der Waals surface area contributed by atoms with Crippen molar-refractivity contribution in [1.29, 1.82) is 0 Å². The lowest BCUT2D eigenvalue weighted by molar-refractivity contribution is -0.118. The zero-order chi connectivity index (χ0) is 17.5. The van der Waals surface area contributed by atoms with Crippen molar-refractivity contribution in [3.8, 4) is 21.4 Å².